The van der Waals surface area contributed by atoms with Crippen LogP contribution in [0.4, 0.5) is 4.39 Å². The van der Waals surface area contributed by atoms with Gasteiger partial charge in [-0.15, -0.1) is 0 Å². The molecule has 3 nitrogen and oxygen atoms in total. The van der Waals surface area contributed by atoms with E-state index in [9.17, 15) is 4.39 Å². The average Bonchev–Trinajstić information content (AvgIpc) is 3.15. The van der Waals surface area contributed by atoms with E-state index in [4.69, 9.17) is 4.42 Å². The van der Waals surface area contributed by atoms with Gasteiger partial charge in [0.2, 0.25) is 0 Å². The van der Waals surface area contributed by atoms with Crippen LogP contribution in [0.2, 0.25) is 0 Å². The van der Waals surface area contributed by atoms with Crippen LogP contribution in [0.5, 0.6) is 0 Å². The number of fused-ring (bicyclic) bond motifs is 1. The van der Waals surface area contributed by atoms with Gasteiger partial charge in [0.15, 0.2) is 11.6 Å². The van der Waals surface area contributed by atoms with Crippen molar-refractivity contribution in [2.24, 2.45) is 4.99 Å². The lowest BCUT2D eigenvalue weighted by Gasteiger charge is -2.04. The van der Waals surface area contributed by atoms with Gasteiger partial charge in [-0.1, -0.05) is 30.3 Å². The predicted octanol–water partition coefficient (Wildman–Crippen LogP) is 3.59. The standard InChI is InChI=1S/C17H13FN2O/c18-12-4-1-3-11(9-12)13-5-2-6-14-15(13)10-21-16(14)17-19-7-8-20-17/h1-6,9-10H,7-8H2,(H,19,20). The van der Waals surface area contributed by atoms with Crippen LogP contribution in [0.25, 0.3) is 21.9 Å². The monoisotopic (exact) mass is 280 g/mol. The molecule has 0 aliphatic carbocycles. The van der Waals surface area contributed by atoms with E-state index in [0.29, 0.717) is 0 Å². The number of benzene rings is 2. The number of rotatable bonds is 2. The molecule has 1 aromatic heterocycles. The van der Waals surface area contributed by atoms with Crippen LogP contribution in [0.3, 0.4) is 0 Å². The highest BCUT2D eigenvalue weighted by Gasteiger charge is 2.17. The van der Waals surface area contributed by atoms with Crippen LogP contribution in [0, 0.1) is 5.82 Å². The summed E-state index contributed by atoms with van der Waals surface area (Å²) in [7, 11) is 0. The number of nitrogens with zero attached hydrogens (tertiary/aromatic N) is 1. The van der Waals surface area contributed by atoms with Gasteiger partial charge < -0.3 is 9.73 Å². The highest BCUT2D eigenvalue weighted by Crippen LogP contribution is 2.32. The Balaban J connectivity index is 1.92. The van der Waals surface area contributed by atoms with E-state index < -0.39 is 0 Å². The normalized spacial score (nSPS) is 14.2. The molecule has 4 heteroatoms. The number of hydrogen-bond acceptors (Lipinski definition) is 3. The summed E-state index contributed by atoms with van der Waals surface area (Å²) in [6, 6.07) is 12.5. The smallest absolute Gasteiger partial charge is 0.176 e. The van der Waals surface area contributed by atoms with E-state index in [1.54, 1.807) is 12.3 Å². The highest BCUT2D eigenvalue weighted by molar-refractivity contribution is 6.11. The van der Waals surface area contributed by atoms with E-state index in [1.165, 1.54) is 12.1 Å². The lowest BCUT2D eigenvalue weighted by atomic mass is 10.00. The fraction of sp³-hybridized carbons (Fsp3) is 0.118. The molecule has 1 aliphatic heterocycles. The number of aliphatic imine (C=N–C) groups is 1. The van der Waals surface area contributed by atoms with Gasteiger partial charge in [0.05, 0.1) is 12.8 Å². The van der Waals surface area contributed by atoms with Crippen LogP contribution >= 0.6 is 0 Å². The summed E-state index contributed by atoms with van der Waals surface area (Å²) in [4.78, 5) is 4.40. The molecule has 2 aromatic carbocycles. The molecule has 1 aliphatic rings. The maximum absolute atomic E-state index is 13.5. The zero-order valence-electron chi connectivity index (χ0n) is 11.3. The van der Waals surface area contributed by atoms with Crippen LogP contribution in [-0.2, 0) is 0 Å². The molecule has 21 heavy (non-hydrogen) atoms. The summed E-state index contributed by atoms with van der Waals surface area (Å²) in [6.45, 7) is 1.60. The highest BCUT2D eigenvalue weighted by atomic mass is 19.1. The molecule has 0 bridgehead atoms. The van der Waals surface area contributed by atoms with Crippen LogP contribution in [0.15, 0.2) is 58.1 Å². The Labute approximate surface area is 121 Å². The van der Waals surface area contributed by atoms with Crippen molar-refractivity contribution in [2.45, 2.75) is 0 Å². The van der Waals surface area contributed by atoms with Crippen molar-refractivity contribution in [1.82, 2.24) is 5.32 Å². The molecule has 0 saturated carbocycles. The number of amidine groups is 1. The van der Waals surface area contributed by atoms with Crippen LogP contribution < -0.4 is 5.32 Å². The molecule has 2 heterocycles. The first-order valence-corrected chi connectivity index (χ1v) is 6.88. The molecule has 1 N–H and O–H groups in total. The zero-order valence-corrected chi connectivity index (χ0v) is 11.3. The quantitative estimate of drug-likeness (QED) is 0.779. The molecule has 0 unspecified atom stereocenters. The zero-order chi connectivity index (χ0) is 14.2. The summed E-state index contributed by atoms with van der Waals surface area (Å²) >= 11 is 0. The van der Waals surface area contributed by atoms with Gasteiger partial charge in [-0.2, -0.15) is 0 Å². The van der Waals surface area contributed by atoms with E-state index in [0.717, 1.165) is 46.6 Å². The molecule has 4 rings (SSSR count). The average molecular weight is 280 g/mol. The van der Waals surface area contributed by atoms with Crippen molar-refractivity contribution in [1.29, 1.82) is 0 Å². The number of halogens is 1. The minimum Gasteiger partial charge on any atom is -0.460 e. The van der Waals surface area contributed by atoms with Crippen molar-refractivity contribution in [3.63, 3.8) is 0 Å². The fourth-order valence-corrected chi connectivity index (χ4v) is 2.71. The summed E-state index contributed by atoms with van der Waals surface area (Å²) in [5.41, 5.74) is 1.80. The first-order chi connectivity index (χ1) is 10.3. The molecule has 0 saturated heterocycles. The van der Waals surface area contributed by atoms with Gasteiger partial charge in [0, 0.05) is 17.3 Å². The SMILES string of the molecule is Fc1cccc(-c2cccc3c(C4=NCCN4)occ23)c1. The van der Waals surface area contributed by atoms with Crippen molar-refractivity contribution in [2.75, 3.05) is 13.1 Å². The Morgan fingerprint density at radius 1 is 1.10 bits per heavy atom. The Morgan fingerprint density at radius 3 is 2.81 bits per heavy atom. The summed E-state index contributed by atoms with van der Waals surface area (Å²) in [5.74, 6) is 1.30. The summed E-state index contributed by atoms with van der Waals surface area (Å²) in [5, 5.41) is 5.17. The Hall–Kier alpha value is -2.62. The molecular weight excluding hydrogens is 267 g/mol. The Bertz CT molecular complexity index is 851. The Morgan fingerprint density at radius 2 is 2.00 bits per heavy atom. The third-order valence-corrected chi connectivity index (χ3v) is 3.67. The lowest BCUT2D eigenvalue weighted by molar-refractivity contribution is 0.560. The second-order valence-corrected chi connectivity index (χ2v) is 5.00. The van der Waals surface area contributed by atoms with E-state index in [2.05, 4.69) is 10.3 Å². The van der Waals surface area contributed by atoms with Gasteiger partial charge in [-0.25, -0.2) is 4.39 Å². The number of nitrogens with one attached hydrogen (secondary N) is 1. The molecule has 0 fully saturated rings. The third-order valence-electron chi connectivity index (χ3n) is 3.67. The van der Waals surface area contributed by atoms with Gasteiger partial charge >= 0.3 is 0 Å². The van der Waals surface area contributed by atoms with Crippen molar-refractivity contribution in [3.8, 4) is 11.1 Å². The maximum Gasteiger partial charge on any atom is 0.176 e. The lowest BCUT2D eigenvalue weighted by Crippen LogP contribution is -2.18. The molecule has 3 aromatic rings. The predicted molar refractivity (Wildman–Crippen MR) is 81.0 cm³/mol. The van der Waals surface area contributed by atoms with Crippen molar-refractivity contribution in [3.05, 3.63) is 60.3 Å². The maximum atomic E-state index is 13.5. The molecule has 104 valence electrons. The molecule has 0 atom stereocenters. The van der Waals surface area contributed by atoms with E-state index in [1.807, 2.05) is 24.3 Å². The van der Waals surface area contributed by atoms with Gasteiger partial charge in [-0.05, 0) is 23.3 Å². The van der Waals surface area contributed by atoms with Gasteiger partial charge in [0.1, 0.15) is 5.82 Å². The molecule has 0 amide bonds. The van der Waals surface area contributed by atoms with Crippen LogP contribution in [0.1, 0.15) is 5.76 Å². The topological polar surface area (TPSA) is 37.5 Å². The first-order valence-electron chi connectivity index (χ1n) is 6.88. The summed E-state index contributed by atoms with van der Waals surface area (Å²) < 4.78 is 19.2. The molecule has 0 radical (unpaired) electrons. The van der Waals surface area contributed by atoms with Crippen molar-refractivity contribution >= 4 is 16.6 Å². The van der Waals surface area contributed by atoms with Gasteiger partial charge in [-0.3, -0.25) is 4.99 Å². The molecular formula is C17H13FN2O. The largest absolute Gasteiger partial charge is 0.460 e. The van der Waals surface area contributed by atoms with Gasteiger partial charge in [0.25, 0.3) is 0 Å². The first kappa shape index (κ1) is 12.1. The Kier molecular flexibility index (Phi) is 2.74. The minimum atomic E-state index is -0.241. The second kappa shape index (κ2) is 4.74. The van der Waals surface area contributed by atoms with E-state index in [-0.39, 0.29) is 5.82 Å². The summed E-state index contributed by atoms with van der Waals surface area (Å²) in [6.07, 6.45) is 1.72. The number of hydrogen-bond donors (Lipinski definition) is 1. The minimum absolute atomic E-state index is 0.241. The van der Waals surface area contributed by atoms with Crippen molar-refractivity contribution < 1.29 is 8.81 Å². The van der Waals surface area contributed by atoms with Crippen LogP contribution in [-0.4, -0.2) is 18.9 Å². The second-order valence-electron chi connectivity index (χ2n) is 5.00. The third kappa shape index (κ3) is 2.00. The molecule has 0 spiro atoms. The fourth-order valence-electron chi connectivity index (χ4n) is 2.71. The van der Waals surface area contributed by atoms with E-state index >= 15 is 0 Å². The number of furan rings is 1.